The Bertz CT molecular complexity index is 365. The minimum atomic E-state index is -0.541. The molecule has 0 bridgehead atoms. The lowest BCUT2D eigenvalue weighted by Crippen LogP contribution is -2.24. The minimum absolute atomic E-state index is 0.0371. The average molecular weight is 258 g/mol. The smallest absolute Gasteiger partial charge is 0.254 e. The van der Waals surface area contributed by atoms with Crippen LogP contribution in [0.15, 0.2) is 35.3 Å². The summed E-state index contributed by atoms with van der Waals surface area (Å²) in [4.78, 5) is 11.3. The highest BCUT2D eigenvalue weighted by atomic mass is 79.9. The Labute approximate surface area is 89.9 Å². The van der Waals surface area contributed by atoms with E-state index < -0.39 is 11.7 Å². The van der Waals surface area contributed by atoms with Gasteiger partial charge in [0.25, 0.3) is 5.91 Å². The Morgan fingerprint density at radius 2 is 2.36 bits per heavy atom. The number of benzene rings is 1. The molecule has 0 atom stereocenters. The highest BCUT2D eigenvalue weighted by molar-refractivity contribution is 9.10. The van der Waals surface area contributed by atoms with Gasteiger partial charge < -0.3 is 5.32 Å². The predicted octanol–water partition coefficient (Wildman–Crippen LogP) is 2.50. The van der Waals surface area contributed by atoms with Crippen molar-refractivity contribution in [3.05, 3.63) is 46.7 Å². The number of carbonyl (C=O) groups is 1. The molecule has 0 aliphatic rings. The number of hydrogen-bond donors (Lipinski definition) is 1. The van der Waals surface area contributed by atoms with Gasteiger partial charge in [-0.25, -0.2) is 4.39 Å². The molecule has 1 N–H and O–H groups in total. The Balaban J connectivity index is 2.84. The molecular weight excluding hydrogens is 249 g/mol. The van der Waals surface area contributed by atoms with Gasteiger partial charge in [0.2, 0.25) is 0 Å². The predicted molar refractivity (Wildman–Crippen MR) is 56.6 cm³/mol. The lowest BCUT2D eigenvalue weighted by molar-refractivity contribution is 0.0954. The molecule has 4 heteroatoms. The van der Waals surface area contributed by atoms with E-state index in [1.807, 2.05) is 0 Å². The molecule has 2 nitrogen and oxygen atoms in total. The van der Waals surface area contributed by atoms with Crippen molar-refractivity contribution >= 4 is 21.8 Å². The first kappa shape index (κ1) is 10.9. The maximum Gasteiger partial charge on any atom is 0.254 e. The Morgan fingerprint density at radius 3 is 2.93 bits per heavy atom. The van der Waals surface area contributed by atoms with Crippen molar-refractivity contribution in [3.8, 4) is 0 Å². The van der Waals surface area contributed by atoms with E-state index in [0.29, 0.717) is 11.0 Å². The molecule has 0 saturated heterocycles. The van der Waals surface area contributed by atoms with E-state index in [1.165, 1.54) is 18.2 Å². The second-order valence-electron chi connectivity index (χ2n) is 2.62. The fourth-order valence-electron chi connectivity index (χ4n) is 0.934. The number of rotatable bonds is 3. The van der Waals surface area contributed by atoms with Crippen LogP contribution in [0.2, 0.25) is 0 Å². The van der Waals surface area contributed by atoms with Crippen molar-refractivity contribution in [2.24, 2.45) is 0 Å². The van der Waals surface area contributed by atoms with E-state index in [-0.39, 0.29) is 5.56 Å². The molecule has 0 heterocycles. The topological polar surface area (TPSA) is 29.1 Å². The summed E-state index contributed by atoms with van der Waals surface area (Å²) in [5.74, 6) is -0.976. The van der Waals surface area contributed by atoms with Crippen molar-refractivity contribution in [1.82, 2.24) is 5.32 Å². The maximum atomic E-state index is 13.2. The van der Waals surface area contributed by atoms with E-state index in [4.69, 9.17) is 0 Å². The zero-order valence-electron chi connectivity index (χ0n) is 7.39. The van der Waals surface area contributed by atoms with Crippen LogP contribution in [0.4, 0.5) is 4.39 Å². The van der Waals surface area contributed by atoms with Crippen LogP contribution in [-0.2, 0) is 0 Å². The van der Waals surface area contributed by atoms with Crippen molar-refractivity contribution in [2.75, 3.05) is 6.54 Å². The van der Waals surface area contributed by atoms with Gasteiger partial charge in [-0.05, 0) is 18.2 Å². The highest BCUT2D eigenvalue weighted by Gasteiger charge is 2.10. The summed E-state index contributed by atoms with van der Waals surface area (Å²) >= 11 is 3.11. The monoisotopic (exact) mass is 257 g/mol. The molecule has 1 aromatic carbocycles. The van der Waals surface area contributed by atoms with Crippen LogP contribution in [-0.4, -0.2) is 12.5 Å². The molecule has 0 aliphatic carbocycles. The molecule has 1 aromatic rings. The largest absolute Gasteiger partial charge is 0.348 e. The molecular formula is C10H9BrFNO. The highest BCUT2D eigenvalue weighted by Crippen LogP contribution is 2.14. The first-order chi connectivity index (χ1) is 6.65. The lowest BCUT2D eigenvalue weighted by Gasteiger charge is -2.03. The van der Waals surface area contributed by atoms with Crippen LogP contribution in [0.1, 0.15) is 10.4 Å². The number of carbonyl (C=O) groups excluding carboxylic acids is 1. The van der Waals surface area contributed by atoms with Gasteiger partial charge in [0.05, 0.1) is 5.56 Å². The molecule has 1 amide bonds. The van der Waals surface area contributed by atoms with E-state index in [9.17, 15) is 9.18 Å². The molecule has 0 unspecified atom stereocenters. The maximum absolute atomic E-state index is 13.2. The van der Waals surface area contributed by atoms with Crippen LogP contribution in [0, 0.1) is 5.82 Å². The van der Waals surface area contributed by atoms with Gasteiger partial charge in [0.15, 0.2) is 0 Å². The second-order valence-corrected chi connectivity index (χ2v) is 3.54. The van der Waals surface area contributed by atoms with Gasteiger partial charge in [0, 0.05) is 11.0 Å². The summed E-state index contributed by atoms with van der Waals surface area (Å²) < 4.78 is 13.8. The van der Waals surface area contributed by atoms with Gasteiger partial charge in [-0.3, -0.25) is 4.79 Å². The van der Waals surface area contributed by atoms with E-state index in [1.54, 1.807) is 6.07 Å². The molecule has 0 saturated carbocycles. The molecule has 0 radical (unpaired) electrons. The molecule has 0 spiro atoms. The lowest BCUT2D eigenvalue weighted by atomic mass is 10.2. The summed E-state index contributed by atoms with van der Waals surface area (Å²) in [6.07, 6.45) is 1.54. The molecule has 0 aromatic heterocycles. The summed E-state index contributed by atoms with van der Waals surface area (Å²) in [6, 6.07) is 4.30. The fraction of sp³-hybridized carbons (Fsp3) is 0.100. The van der Waals surface area contributed by atoms with Crippen molar-refractivity contribution in [2.45, 2.75) is 0 Å². The van der Waals surface area contributed by atoms with Crippen LogP contribution in [0.5, 0.6) is 0 Å². The minimum Gasteiger partial charge on any atom is -0.348 e. The summed E-state index contributed by atoms with van der Waals surface area (Å²) in [5, 5.41) is 2.50. The van der Waals surface area contributed by atoms with E-state index >= 15 is 0 Å². The van der Waals surface area contributed by atoms with E-state index in [2.05, 4.69) is 27.8 Å². The van der Waals surface area contributed by atoms with Crippen LogP contribution < -0.4 is 5.32 Å². The van der Waals surface area contributed by atoms with Crippen molar-refractivity contribution in [3.63, 3.8) is 0 Å². The number of amides is 1. The summed E-state index contributed by atoms with van der Waals surface area (Å²) in [6.45, 7) is 3.77. The molecule has 14 heavy (non-hydrogen) atoms. The third-order valence-corrected chi connectivity index (χ3v) is 2.08. The standard InChI is InChI=1S/C10H9BrFNO/c1-2-5-13-10(14)8-4-3-7(11)6-9(8)12/h2-4,6H,1,5H2,(H,13,14). The summed E-state index contributed by atoms with van der Waals surface area (Å²) in [7, 11) is 0. The molecule has 1 rings (SSSR count). The third kappa shape index (κ3) is 2.67. The van der Waals surface area contributed by atoms with Gasteiger partial charge in [0.1, 0.15) is 5.82 Å². The average Bonchev–Trinajstić information content (AvgIpc) is 2.14. The Kier molecular flexibility index (Phi) is 3.83. The summed E-state index contributed by atoms with van der Waals surface area (Å²) in [5.41, 5.74) is 0.0371. The fourth-order valence-corrected chi connectivity index (χ4v) is 1.27. The second kappa shape index (κ2) is 4.91. The van der Waals surface area contributed by atoms with Gasteiger partial charge in [-0.2, -0.15) is 0 Å². The zero-order valence-corrected chi connectivity index (χ0v) is 8.97. The third-order valence-electron chi connectivity index (χ3n) is 1.58. The first-order valence-corrected chi connectivity index (χ1v) is 4.78. The van der Waals surface area contributed by atoms with Gasteiger partial charge in [-0.15, -0.1) is 6.58 Å². The van der Waals surface area contributed by atoms with Crippen LogP contribution >= 0.6 is 15.9 Å². The SMILES string of the molecule is C=CCNC(=O)c1ccc(Br)cc1F. The molecule has 74 valence electrons. The van der Waals surface area contributed by atoms with Gasteiger partial charge >= 0.3 is 0 Å². The zero-order chi connectivity index (χ0) is 10.6. The Hall–Kier alpha value is -1.16. The number of halogens is 2. The van der Waals surface area contributed by atoms with Crippen molar-refractivity contribution in [1.29, 1.82) is 0 Å². The first-order valence-electron chi connectivity index (χ1n) is 3.99. The molecule has 0 aliphatic heterocycles. The van der Waals surface area contributed by atoms with Gasteiger partial charge in [-0.1, -0.05) is 22.0 Å². The number of hydrogen-bond acceptors (Lipinski definition) is 1. The van der Waals surface area contributed by atoms with Crippen LogP contribution in [0.3, 0.4) is 0 Å². The van der Waals surface area contributed by atoms with Crippen LogP contribution in [0.25, 0.3) is 0 Å². The Morgan fingerprint density at radius 1 is 1.64 bits per heavy atom. The number of nitrogens with one attached hydrogen (secondary N) is 1. The molecule has 0 fully saturated rings. The normalized spacial score (nSPS) is 9.57. The van der Waals surface area contributed by atoms with E-state index in [0.717, 1.165) is 0 Å². The van der Waals surface area contributed by atoms with Crippen molar-refractivity contribution < 1.29 is 9.18 Å². The quantitative estimate of drug-likeness (QED) is 0.829.